The Morgan fingerprint density at radius 1 is 1.08 bits per heavy atom. The molecule has 4 nitrogen and oxygen atoms in total. The molecule has 0 radical (unpaired) electrons. The van der Waals surface area contributed by atoms with E-state index in [-0.39, 0.29) is 23.6 Å². The number of likely N-dealkylation sites (N-methyl/N-ethyl adjacent to an activating group) is 1. The van der Waals surface area contributed by atoms with Gasteiger partial charge in [-0.25, -0.2) is 0 Å². The highest BCUT2D eigenvalue weighted by atomic mass is 79.9. The lowest BCUT2D eigenvalue weighted by atomic mass is 9.99. The summed E-state index contributed by atoms with van der Waals surface area (Å²) >= 11 is 0. The smallest absolute Gasteiger partial charge is 0.208 e. The summed E-state index contributed by atoms with van der Waals surface area (Å²) in [7, 11) is 2.07. The Kier molecular flexibility index (Phi) is 7.59. The van der Waals surface area contributed by atoms with E-state index in [2.05, 4.69) is 48.3 Å². The van der Waals surface area contributed by atoms with Crippen LogP contribution >= 0.6 is 17.0 Å². The molecule has 0 bridgehead atoms. The number of rotatable bonds is 6. The number of hydrogen-bond donors (Lipinski definition) is 1. The number of halogens is 1. The summed E-state index contributed by atoms with van der Waals surface area (Å²) in [5.74, 6) is -0.753. The molecule has 1 fully saturated rings. The maximum atomic E-state index is 9.03. The van der Waals surface area contributed by atoms with Crippen LogP contribution < -0.4 is 0 Å². The van der Waals surface area contributed by atoms with Crippen LogP contribution in [0.2, 0.25) is 0 Å². The van der Waals surface area contributed by atoms with Gasteiger partial charge in [0.1, 0.15) is 0 Å². The SMILES string of the molecule is Br.CN1CCOC(OCCCO)(c2ccc(-c3ccccc3)cc2)C1. The minimum Gasteiger partial charge on any atom is -0.396 e. The third-order valence-corrected chi connectivity index (χ3v) is 4.36. The zero-order chi connectivity index (χ0) is 16.8. The number of morpholine rings is 1. The largest absolute Gasteiger partial charge is 0.396 e. The van der Waals surface area contributed by atoms with E-state index in [1.807, 2.05) is 18.2 Å². The van der Waals surface area contributed by atoms with Crippen LogP contribution in [0.25, 0.3) is 11.1 Å². The average molecular weight is 408 g/mol. The summed E-state index contributed by atoms with van der Waals surface area (Å²) in [6.07, 6.45) is 0.608. The zero-order valence-electron chi connectivity index (χ0n) is 14.6. The Hall–Kier alpha value is -1.24. The van der Waals surface area contributed by atoms with Crippen LogP contribution in [0.4, 0.5) is 0 Å². The van der Waals surface area contributed by atoms with E-state index >= 15 is 0 Å². The van der Waals surface area contributed by atoms with Crippen LogP contribution in [0.3, 0.4) is 0 Å². The van der Waals surface area contributed by atoms with Gasteiger partial charge in [0.15, 0.2) is 0 Å². The molecule has 0 saturated carbocycles. The predicted molar refractivity (Wildman–Crippen MR) is 105 cm³/mol. The summed E-state index contributed by atoms with van der Waals surface area (Å²) < 4.78 is 12.2. The highest BCUT2D eigenvalue weighted by Crippen LogP contribution is 2.32. The van der Waals surface area contributed by atoms with Crippen LogP contribution in [-0.2, 0) is 15.3 Å². The van der Waals surface area contributed by atoms with Crippen LogP contribution in [0.15, 0.2) is 54.6 Å². The van der Waals surface area contributed by atoms with Gasteiger partial charge in [-0.2, -0.15) is 0 Å². The molecule has 2 aromatic rings. The molecule has 1 N–H and O–H groups in total. The molecular formula is C20H26BrNO3. The predicted octanol–water partition coefficient (Wildman–Crippen LogP) is 3.45. The maximum Gasteiger partial charge on any atom is 0.208 e. The molecule has 3 rings (SSSR count). The van der Waals surface area contributed by atoms with Crippen molar-refractivity contribution >= 4 is 17.0 Å². The maximum absolute atomic E-state index is 9.03. The second-order valence-corrected chi connectivity index (χ2v) is 6.21. The van der Waals surface area contributed by atoms with Crippen molar-refractivity contribution in [3.8, 4) is 11.1 Å². The summed E-state index contributed by atoms with van der Waals surface area (Å²) in [6.45, 7) is 2.82. The fourth-order valence-electron chi connectivity index (χ4n) is 3.04. The topological polar surface area (TPSA) is 41.9 Å². The Morgan fingerprint density at radius 3 is 2.40 bits per heavy atom. The van der Waals surface area contributed by atoms with E-state index in [4.69, 9.17) is 14.6 Å². The lowest BCUT2D eigenvalue weighted by Gasteiger charge is -2.41. The number of nitrogens with zero attached hydrogens (tertiary/aromatic N) is 1. The van der Waals surface area contributed by atoms with Crippen LogP contribution in [0.1, 0.15) is 12.0 Å². The molecule has 0 amide bonds. The number of ether oxygens (including phenoxy) is 2. The van der Waals surface area contributed by atoms with E-state index in [0.29, 0.717) is 26.2 Å². The summed E-state index contributed by atoms with van der Waals surface area (Å²) in [5, 5.41) is 9.03. The molecule has 0 spiro atoms. The average Bonchev–Trinajstić information content (AvgIpc) is 2.63. The minimum atomic E-state index is -0.753. The summed E-state index contributed by atoms with van der Waals surface area (Å²) in [4.78, 5) is 2.22. The monoisotopic (exact) mass is 407 g/mol. The molecule has 5 heteroatoms. The van der Waals surface area contributed by atoms with E-state index in [0.717, 1.165) is 12.1 Å². The number of benzene rings is 2. The van der Waals surface area contributed by atoms with E-state index < -0.39 is 5.79 Å². The Balaban J connectivity index is 0.00000225. The molecule has 1 saturated heterocycles. The molecular weight excluding hydrogens is 382 g/mol. The molecule has 1 unspecified atom stereocenters. The Morgan fingerprint density at radius 2 is 1.76 bits per heavy atom. The highest BCUT2D eigenvalue weighted by molar-refractivity contribution is 8.93. The van der Waals surface area contributed by atoms with Gasteiger partial charge >= 0.3 is 0 Å². The Bertz CT molecular complexity index is 635. The van der Waals surface area contributed by atoms with Gasteiger partial charge in [0.2, 0.25) is 5.79 Å². The van der Waals surface area contributed by atoms with Gasteiger partial charge in [0, 0.05) is 18.7 Å². The summed E-state index contributed by atoms with van der Waals surface area (Å²) in [6, 6.07) is 18.7. The van der Waals surface area contributed by atoms with Crippen molar-refractivity contribution in [1.82, 2.24) is 4.90 Å². The standard InChI is InChI=1S/C20H25NO3.BrH/c1-21-12-15-24-20(16-21,23-14-5-13-22)19-10-8-18(9-11-19)17-6-3-2-4-7-17;/h2-4,6-11,22H,5,12-16H2,1H3;1H. The molecule has 1 atom stereocenters. The molecule has 1 aliphatic rings. The third-order valence-electron chi connectivity index (χ3n) is 4.36. The quantitative estimate of drug-likeness (QED) is 0.744. The van der Waals surface area contributed by atoms with Crippen molar-refractivity contribution in [1.29, 1.82) is 0 Å². The van der Waals surface area contributed by atoms with Crippen LogP contribution in [0.5, 0.6) is 0 Å². The number of aliphatic hydroxyl groups excluding tert-OH is 1. The van der Waals surface area contributed by atoms with Crippen molar-refractivity contribution in [2.75, 3.05) is 40.0 Å². The first-order chi connectivity index (χ1) is 11.7. The zero-order valence-corrected chi connectivity index (χ0v) is 16.3. The van der Waals surface area contributed by atoms with Crippen molar-refractivity contribution in [3.63, 3.8) is 0 Å². The fraction of sp³-hybridized carbons (Fsp3) is 0.400. The van der Waals surface area contributed by atoms with Crippen molar-refractivity contribution in [2.45, 2.75) is 12.2 Å². The first kappa shape index (κ1) is 20.1. The molecule has 2 aromatic carbocycles. The molecule has 25 heavy (non-hydrogen) atoms. The minimum absolute atomic E-state index is 0. The van der Waals surface area contributed by atoms with Gasteiger partial charge in [0.25, 0.3) is 0 Å². The Labute approximate surface area is 160 Å². The second kappa shape index (κ2) is 9.46. The van der Waals surface area contributed by atoms with Crippen molar-refractivity contribution in [3.05, 3.63) is 60.2 Å². The van der Waals surface area contributed by atoms with E-state index in [9.17, 15) is 0 Å². The highest BCUT2D eigenvalue weighted by Gasteiger charge is 2.38. The normalized spacial score (nSPS) is 20.9. The van der Waals surface area contributed by atoms with Gasteiger partial charge < -0.3 is 14.6 Å². The lowest BCUT2D eigenvalue weighted by molar-refractivity contribution is -0.275. The lowest BCUT2D eigenvalue weighted by Crippen LogP contribution is -2.50. The molecule has 1 aliphatic heterocycles. The third kappa shape index (κ3) is 4.90. The second-order valence-electron chi connectivity index (χ2n) is 6.21. The summed E-state index contributed by atoms with van der Waals surface area (Å²) in [5.41, 5.74) is 3.39. The van der Waals surface area contributed by atoms with Crippen molar-refractivity contribution in [2.24, 2.45) is 0 Å². The number of aliphatic hydroxyl groups is 1. The van der Waals surface area contributed by atoms with Gasteiger partial charge in [-0.15, -0.1) is 17.0 Å². The molecule has 0 aromatic heterocycles. The number of hydrogen-bond acceptors (Lipinski definition) is 4. The van der Waals surface area contributed by atoms with Gasteiger partial charge in [-0.3, -0.25) is 4.90 Å². The first-order valence-electron chi connectivity index (χ1n) is 8.47. The van der Waals surface area contributed by atoms with E-state index in [1.165, 1.54) is 11.1 Å². The molecule has 1 heterocycles. The fourth-order valence-corrected chi connectivity index (χ4v) is 3.04. The first-order valence-corrected chi connectivity index (χ1v) is 8.47. The van der Waals surface area contributed by atoms with Gasteiger partial charge in [-0.05, 0) is 24.6 Å². The van der Waals surface area contributed by atoms with Gasteiger partial charge in [-0.1, -0.05) is 54.6 Å². The van der Waals surface area contributed by atoms with Crippen LogP contribution in [0, 0.1) is 0 Å². The van der Waals surface area contributed by atoms with Gasteiger partial charge in [0.05, 0.1) is 19.8 Å². The van der Waals surface area contributed by atoms with Crippen LogP contribution in [-0.4, -0.2) is 50.0 Å². The van der Waals surface area contributed by atoms with E-state index in [1.54, 1.807) is 0 Å². The molecule has 0 aliphatic carbocycles. The van der Waals surface area contributed by atoms with Crippen molar-refractivity contribution < 1.29 is 14.6 Å². The molecule has 136 valence electrons.